The third-order valence-corrected chi connectivity index (χ3v) is 5.36. The van der Waals surface area contributed by atoms with Gasteiger partial charge in [-0.05, 0) is 38.3 Å². The van der Waals surface area contributed by atoms with Crippen LogP contribution in [0.3, 0.4) is 0 Å². The van der Waals surface area contributed by atoms with Crippen molar-refractivity contribution in [3.05, 3.63) is 33.4 Å². The maximum absolute atomic E-state index is 11.0. The van der Waals surface area contributed by atoms with Crippen LogP contribution in [0.5, 0.6) is 5.75 Å². The second-order valence-corrected chi connectivity index (χ2v) is 6.35. The van der Waals surface area contributed by atoms with Gasteiger partial charge >= 0.3 is 0 Å². The van der Waals surface area contributed by atoms with Crippen molar-refractivity contribution in [1.29, 1.82) is 0 Å². The Bertz CT molecular complexity index is 510. The van der Waals surface area contributed by atoms with E-state index in [1.54, 1.807) is 13.0 Å². The van der Waals surface area contributed by atoms with Crippen LogP contribution in [0.1, 0.15) is 36.8 Å². The summed E-state index contributed by atoms with van der Waals surface area (Å²) in [5, 5.41) is 11.9. The van der Waals surface area contributed by atoms with Crippen molar-refractivity contribution in [2.45, 2.75) is 39.5 Å². The van der Waals surface area contributed by atoms with Crippen molar-refractivity contribution in [3.63, 3.8) is 0 Å². The third-order valence-electron chi connectivity index (χ3n) is 4.17. The number of nitrogens with zero attached hydrogens (tertiary/aromatic N) is 1. The number of aryl methyl sites for hydroxylation is 2. The minimum absolute atomic E-state index is 0.130. The van der Waals surface area contributed by atoms with Crippen molar-refractivity contribution in [3.8, 4) is 5.75 Å². The molecule has 0 unspecified atom stereocenters. The predicted octanol–water partition coefficient (Wildman–Crippen LogP) is 4.55. The molecule has 0 spiro atoms. The van der Waals surface area contributed by atoms with Crippen molar-refractivity contribution in [2.75, 3.05) is 11.9 Å². The van der Waals surface area contributed by atoms with E-state index < -0.39 is 0 Å². The van der Waals surface area contributed by atoms with Gasteiger partial charge in [-0.1, -0.05) is 28.8 Å². The van der Waals surface area contributed by atoms with E-state index in [2.05, 4.69) is 15.9 Å². The molecule has 1 fully saturated rings. The molecule has 0 aliphatic heterocycles. The third kappa shape index (κ3) is 3.14. The Balaban J connectivity index is 2.17. The van der Waals surface area contributed by atoms with Crippen molar-refractivity contribution in [1.82, 2.24) is 0 Å². The second kappa shape index (κ2) is 6.12. The summed E-state index contributed by atoms with van der Waals surface area (Å²) >= 11 is 3.59. The molecule has 0 saturated heterocycles. The first-order chi connectivity index (χ1) is 9.47. The number of hydrogen-bond acceptors (Lipinski definition) is 3. The van der Waals surface area contributed by atoms with Crippen LogP contribution in [0.25, 0.3) is 0 Å². The lowest BCUT2D eigenvalue weighted by atomic mass is 9.90. The van der Waals surface area contributed by atoms with Crippen molar-refractivity contribution >= 4 is 21.6 Å². The standard InChI is InChI=1S/C15H20BrNO3/c1-11-7-12(2)14(8-13(11)17(18)19)20-10-15(9-16)5-3-4-6-15/h7-8H,3-6,9-10H2,1-2H3. The zero-order valence-corrected chi connectivity index (χ0v) is 13.5. The largest absolute Gasteiger partial charge is 0.492 e. The van der Waals surface area contributed by atoms with Gasteiger partial charge in [-0.2, -0.15) is 0 Å². The Kier molecular flexibility index (Phi) is 4.68. The molecule has 0 aromatic heterocycles. The smallest absolute Gasteiger partial charge is 0.276 e. The van der Waals surface area contributed by atoms with Gasteiger partial charge in [0.25, 0.3) is 5.69 Å². The Morgan fingerprint density at radius 2 is 1.95 bits per heavy atom. The van der Waals surface area contributed by atoms with E-state index in [9.17, 15) is 10.1 Å². The van der Waals surface area contributed by atoms with Crippen LogP contribution in [0.15, 0.2) is 12.1 Å². The molecule has 2 rings (SSSR count). The normalized spacial score (nSPS) is 17.1. The SMILES string of the molecule is Cc1cc(C)c([N+](=O)[O-])cc1OCC1(CBr)CCCC1. The minimum Gasteiger partial charge on any atom is -0.492 e. The van der Waals surface area contributed by atoms with Gasteiger partial charge in [0, 0.05) is 16.3 Å². The Morgan fingerprint density at radius 1 is 1.30 bits per heavy atom. The molecule has 1 aromatic rings. The Labute approximate surface area is 127 Å². The first kappa shape index (κ1) is 15.3. The van der Waals surface area contributed by atoms with Gasteiger partial charge in [0.2, 0.25) is 0 Å². The first-order valence-corrected chi connectivity index (χ1v) is 8.04. The summed E-state index contributed by atoms with van der Waals surface area (Å²) in [6, 6.07) is 3.38. The summed E-state index contributed by atoms with van der Waals surface area (Å²) < 4.78 is 5.93. The fourth-order valence-electron chi connectivity index (χ4n) is 2.85. The predicted molar refractivity (Wildman–Crippen MR) is 82.8 cm³/mol. The lowest BCUT2D eigenvalue weighted by molar-refractivity contribution is -0.385. The molecule has 20 heavy (non-hydrogen) atoms. The number of halogens is 1. The highest BCUT2D eigenvalue weighted by molar-refractivity contribution is 9.09. The molecule has 5 heteroatoms. The van der Waals surface area contributed by atoms with Crippen LogP contribution in [0, 0.1) is 29.4 Å². The molecule has 1 aliphatic rings. The molecule has 0 amide bonds. The molecule has 0 atom stereocenters. The van der Waals surface area contributed by atoms with Crippen molar-refractivity contribution < 1.29 is 9.66 Å². The number of benzene rings is 1. The highest BCUT2D eigenvalue weighted by Crippen LogP contribution is 2.40. The molecule has 4 nitrogen and oxygen atoms in total. The van der Waals surface area contributed by atoms with Gasteiger partial charge < -0.3 is 4.74 Å². The average molecular weight is 342 g/mol. The molecule has 0 bridgehead atoms. The van der Waals surface area contributed by atoms with Crippen LogP contribution < -0.4 is 4.74 Å². The molecule has 0 N–H and O–H groups in total. The summed E-state index contributed by atoms with van der Waals surface area (Å²) in [6.07, 6.45) is 4.79. The average Bonchev–Trinajstić information content (AvgIpc) is 2.87. The maximum Gasteiger partial charge on any atom is 0.276 e. The zero-order valence-electron chi connectivity index (χ0n) is 11.9. The molecule has 0 radical (unpaired) electrons. The van der Waals surface area contributed by atoms with E-state index >= 15 is 0 Å². The lowest BCUT2D eigenvalue weighted by Gasteiger charge is -2.26. The number of hydrogen-bond donors (Lipinski definition) is 0. The Hall–Kier alpha value is -1.10. The van der Waals surface area contributed by atoms with Gasteiger partial charge in [-0.25, -0.2) is 0 Å². The van der Waals surface area contributed by atoms with E-state index in [0.29, 0.717) is 17.9 Å². The van der Waals surface area contributed by atoms with E-state index in [1.807, 2.05) is 13.0 Å². The fourth-order valence-corrected chi connectivity index (χ4v) is 3.57. The lowest BCUT2D eigenvalue weighted by Crippen LogP contribution is -2.27. The van der Waals surface area contributed by atoms with Crippen LogP contribution in [0.4, 0.5) is 5.69 Å². The van der Waals surface area contributed by atoms with E-state index in [4.69, 9.17) is 4.74 Å². The number of nitro benzene ring substituents is 1. The monoisotopic (exact) mass is 341 g/mol. The Morgan fingerprint density at radius 3 is 2.50 bits per heavy atom. The summed E-state index contributed by atoms with van der Waals surface area (Å²) in [4.78, 5) is 10.7. The van der Waals surface area contributed by atoms with Gasteiger partial charge in [-0.15, -0.1) is 0 Å². The maximum atomic E-state index is 11.0. The molecular weight excluding hydrogens is 322 g/mol. The van der Waals surface area contributed by atoms with Crippen LogP contribution in [-0.2, 0) is 0 Å². The topological polar surface area (TPSA) is 52.4 Å². The van der Waals surface area contributed by atoms with Gasteiger partial charge in [0.05, 0.1) is 17.6 Å². The molecule has 0 heterocycles. The second-order valence-electron chi connectivity index (χ2n) is 5.79. The summed E-state index contributed by atoms with van der Waals surface area (Å²) in [7, 11) is 0. The van der Waals surface area contributed by atoms with Crippen molar-refractivity contribution in [2.24, 2.45) is 5.41 Å². The summed E-state index contributed by atoms with van der Waals surface area (Å²) in [5.41, 5.74) is 1.95. The number of nitro groups is 1. The van der Waals surface area contributed by atoms with Gasteiger partial charge in [0.1, 0.15) is 5.75 Å². The van der Waals surface area contributed by atoms with E-state index in [-0.39, 0.29) is 16.0 Å². The minimum atomic E-state index is -0.350. The number of rotatable bonds is 5. The van der Waals surface area contributed by atoms with Gasteiger partial charge in [0.15, 0.2) is 0 Å². The molecule has 1 aliphatic carbocycles. The summed E-state index contributed by atoms with van der Waals surface area (Å²) in [5.74, 6) is 0.634. The highest BCUT2D eigenvalue weighted by Gasteiger charge is 2.34. The zero-order chi connectivity index (χ0) is 14.8. The van der Waals surface area contributed by atoms with Crippen LogP contribution in [-0.4, -0.2) is 16.9 Å². The number of alkyl halides is 1. The van der Waals surface area contributed by atoms with Crippen LogP contribution >= 0.6 is 15.9 Å². The van der Waals surface area contributed by atoms with E-state index in [0.717, 1.165) is 23.7 Å². The van der Waals surface area contributed by atoms with Crippen LogP contribution in [0.2, 0.25) is 0 Å². The number of ether oxygens (including phenoxy) is 1. The molecule has 1 saturated carbocycles. The quantitative estimate of drug-likeness (QED) is 0.448. The van der Waals surface area contributed by atoms with Gasteiger partial charge in [-0.3, -0.25) is 10.1 Å². The fraction of sp³-hybridized carbons (Fsp3) is 0.600. The molecular formula is C15H20BrNO3. The molecule has 1 aromatic carbocycles. The first-order valence-electron chi connectivity index (χ1n) is 6.92. The van der Waals surface area contributed by atoms with E-state index in [1.165, 1.54) is 12.8 Å². The molecule has 110 valence electrons. The highest BCUT2D eigenvalue weighted by atomic mass is 79.9. The summed E-state index contributed by atoms with van der Waals surface area (Å²) in [6.45, 7) is 4.31.